The number of pyridine rings is 1. The standard InChI is InChI=1S/C24H25N3O.ClH/c1-18-14-24(27-12-4-2-3-5-13-27)22-11-8-20(15-23(22)26-18)17-28-21-9-6-19(16-25)7-10-21;/h6-11,14-15H,2-5,12-13,17H2,1H3;1H. The van der Waals surface area contributed by atoms with Crippen molar-refractivity contribution in [3.8, 4) is 11.8 Å². The Kier molecular flexibility index (Phi) is 6.95. The number of anilines is 1. The van der Waals surface area contributed by atoms with E-state index in [1.807, 2.05) is 12.1 Å². The second kappa shape index (κ2) is 9.62. The van der Waals surface area contributed by atoms with Crippen LogP contribution < -0.4 is 9.64 Å². The van der Waals surface area contributed by atoms with Crippen LogP contribution in [0, 0.1) is 18.3 Å². The van der Waals surface area contributed by atoms with Gasteiger partial charge in [-0.1, -0.05) is 25.0 Å². The highest BCUT2D eigenvalue weighted by Crippen LogP contribution is 2.29. The van der Waals surface area contributed by atoms with Gasteiger partial charge in [-0.05, 0) is 61.7 Å². The predicted octanol–water partition coefficient (Wildman–Crippen LogP) is 5.80. The lowest BCUT2D eigenvalue weighted by Crippen LogP contribution is -2.24. The molecule has 1 aliphatic heterocycles. The van der Waals surface area contributed by atoms with E-state index in [9.17, 15) is 0 Å². The van der Waals surface area contributed by atoms with E-state index in [-0.39, 0.29) is 12.4 Å². The number of halogens is 1. The van der Waals surface area contributed by atoms with Gasteiger partial charge in [0.25, 0.3) is 0 Å². The topological polar surface area (TPSA) is 49.1 Å². The zero-order valence-electron chi connectivity index (χ0n) is 16.7. The van der Waals surface area contributed by atoms with Crippen molar-refractivity contribution in [1.82, 2.24) is 4.98 Å². The van der Waals surface area contributed by atoms with E-state index < -0.39 is 0 Å². The minimum atomic E-state index is 0. The summed E-state index contributed by atoms with van der Waals surface area (Å²) in [5, 5.41) is 10.1. The van der Waals surface area contributed by atoms with E-state index in [0.717, 1.165) is 35.6 Å². The molecule has 0 N–H and O–H groups in total. The van der Waals surface area contributed by atoms with Crippen molar-refractivity contribution < 1.29 is 4.74 Å². The fourth-order valence-corrected chi connectivity index (χ4v) is 3.84. The Bertz CT molecular complexity index is 1000. The molecule has 2 aromatic carbocycles. The smallest absolute Gasteiger partial charge is 0.119 e. The summed E-state index contributed by atoms with van der Waals surface area (Å²) in [6, 6.07) is 18.0. The summed E-state index contributed by atoms with van der Waals surface area (Å²) < 4.78 is 5.89. The fourth-order valence-electron chi connectivity index (χ4n) is 3.84. The van der Waals surface area contributed by atoms with Crippen molar-refractivity contribution in [2.45, 2.75) is 39.2 Å². The van der Waals surface area contributed by atoms with Crippen molar-refractivity contribution >= 4 is 29.0 Å². The average Bonchev–Trinajstić information content (AvgIpc) is 3.01. The minimum Gasteiger partial charge on any atom is -0.489 e. The summed E-state index contributed by atoms with van der Waals surface area (Å²) in [5.74, 6) is 0.765. The van der Waals surface area contributed by atoms with Crippen molar-refractivity contribution in [2.24, 2.45) is 0 Å². The number of aryl methyl sites for hydroxylation is 1. The zero-order valence-corrected chi connectivity index (χ0v) is 17.5. The van der Waals surface area contributed by atoms with Crippen LogP contribution in [-0.2, 0) is 6.61 Å². The van der Waals surface area contributed by atoms with Crippen LogP contribution >= 0.6 is 12.4 Å². The number of hydrogen-bond acceptors (Lipinski definition) is 4. The number of rotatable bonds is 4. The minimum absolute atomic E-state index is 0. The van der Waals surface area contributed by atoms with Crippen LogP contribution in [-0.4, -0.2) is 18.1 Å². The SMILES string of the molecule is Cc1cc(N2CCCCCC2)c2ccc(COc3ccc(C#N)cc3)cc2n1.Cl. The summed E-state index contributed by atoms with van der Waals surface area (Å²) in [7, 11) is 0. The number of ether oxygens (including phenoxy) is 1. The molecular weight excluding hydrogens is 382 g/mol. The molecule has 0 spiro atoms. The molecule has 29 heavy (non-hydrogen) atoms. The Labute approximate surface area is 178 Å². The maximum Gasteiger partial charge on any atom is 0.119 e. The lowest BCUT2D eigenvalue weighted by Gasteiger charge is -2.24. The molecule has 1 aromatic heterocycles. The summed E-state index contributed by atoms with van der Waals surface area (Å²) in [5.41, 5.74) is 5.12. The van der Waals surface area contributed by atoms with Gasteiger partial charge in [-0.15, -0.1) is 12.4 Å². The number of fused-ring (bicyclic) bond motifs is 1. The van der Waals surface area contributed by atoms with Gasteiger partial charge >= 0.3 is 0 Å². The Morgan fingerprint density at radius 3 is 2.41 bits per heavy atom. The molecule has 150 valence electrons. The van der Waals surface area contributed by atoms with Crippen LogP contribution in [0.1, 0.15) is 42.5 Å². The predicted molar refractivity (Wildman–Crippen MR) is 120 cm³/mol. The lowest BCUT2D eigenvalue weighted by molar-refractivity contribution is 0.306. The molecule has 0 bridgehead atoms. The van der Waals surface area contributed by atoms with Gasteiger partial charge in [0.15, 0.2) is 0 Å². The normalized spacial score (nSPS) is 14.0. The van der Waals surface area contributed by atoms with Gasteiger partial charge in [0.05, 0.1) is 17.1 Å². The monoisotopic (exact) mass is 407 g/mol. The second-order valence-corrected chi connectivity index (χ2v) is 7.46. The van der Waals surface area contributed by atoms with Crippen LogP contribution in [0.3, 0.4) is 0 Å². The molecule has 4 rings (SSSR count). The summed E-state index contributed by atoms with van der Waals surface area (Å²) in [6.45, 7) is 4.81. The van der Waals surface area contributed by atoms with Crippen molar-refractivity contribution in [2.75, 3.05) is 18.0 Å². The van der Waals surface area contributed by atoms with Gasteiger partial charge in [0.1, 0.15) is 12.4 Å². The van der Waals surface area contributed by atoms with Gasteiger partial charge in [-0.2, -0.15) is 5.26 Å². The highest BCUT2D eigenvalue weighted by atomic mass is 35.5. The summed E-state index contributed by atoms with van der Waals surface area (Å²) >= 11 is 0. The number of hydrogen-bond donors (Lipinski definition) is 0. The van der Waals surface area contributed by atoms with Gasteiger partial charge in [-0.25, -0.2) is 0 Å². The van der Waals surface area contributed by atoms with Gasteiger partial charge in [-0.3, -0.25) is 4.98 Å². The lowest BCUT2D eigenvalue weighted by atomic mass is 10.1. The van der Waals surface area contributed by atoms with E-state index in [1.54, 1.807) is 12.1 Å². The first-order valence-corrected chi connectivity index (χ1v) is 10.0. The molecule has 0 atom stereocenters. The number of benzene rings is 2. The van der Waals surface area contributed by atoms with Gasteiger partial charge in [0.2, 0.25) is 0 Å². The van der Waals surface area contributed by atoms with Crippen LogP contribution in [0.4, 0.5) is 5.69 Å². The molecule has 1 saturated heterocycles. The first-order chi connectivity index (χ1) is 13.7. The van der Waals surface area contributed by atoms with E-state index in [2.05, 4.69) is 42.2 Å². The summed E-state index contributed by atoms with van der Waals surface area (Å²) in [6.07, 6.45) is 5.18. The van der Waals surface area contributed by atoms with Crippen LogP contribution in [0.2, 0.25) is 0 Å². The van der Waals surface area contributed by atoms with Crippen LogP contribution in [0.5, 0.6) is 5.75 Å². The van der Waals surface area contributed by atoms with Crippen LogP contribution in [0.25, 0.3) is 10.9 Å². The quantitative estimate of drug-likeness (QED) is 0.548. The fraction of sp³-hybridized carbons (Fsp3) is 0.333. The summed E-state index contributed by atoms with van der Waals surface area (Å²) in [4.78, 5) is 7.30. The third-order valence-electron chi connectivity index (χ3n) is 5.32. The molecule has 0 unspecified atom stereocenters. The molecular formula is C24H26ClN3O. The molecule has 0 saturated carbocycles. The van der Waals surface area contributed by atoms with Crippen molar-refractivity contribution in [3.05, 3.63) is 65.4 Å². The van der Waals surface area contributed by atoms with Crippen molar-refractivity contribution in [3.63, 3.8) is 0 Å². The Morgan fingerprint density at radius 1 is 1.00 bits per heavy atom. The van der Waals surface area contributed by atoms with E-state index in [0.29, 0.717) is 12.2 Å². The third kappa shape index (κ3) is 4.99. The number of aromatic nitrogens is 1. The first kappa shape index (κ1) is 21.0. The Morgan fingerprint density at radius 2 is 1.72 bits per heavy atom. The molecule has 5 heteroatoms. The Balaban J connectivity index is 0.00000240. The number of nitriles is 1. The molecule has 0 amide bonds. The van der Waals surface area contributed by atoms with Crippen LogP contribution in [0.15, 0.2) is 48.5 Å². The highest BCUT2D eigenvalue weighted by Gasteiger charge is 2.14. The zero-order chi connectivity index (χ0) is 19.3. The molecule has 0 radical (unpaired) electrons. The maximum absolute atomic E-state index is 8.89. The van der Waals surface area contributed by atoms with E-state index in [4.69, 9.17) is 15.0 Å². The van der Waals surface area contributed by atoms with E-state index in [1.165, 1.54) is 36.8 Å². The molecule has 3 aromatic rings. The molecule has 2 heterocycles. The molecule has 4 nitrogen and oxygen atoms in total. The Hall–Kier alpha value is -2.77. The maximum atomic E-state index is 8.89. The number of nitrogens with zero attached hydrogens (tertiary/aromatic N) is 3. The highest BCUT2D eigenvalue weighted by molar-refractivity contribution is 5.92. The largest absolute Gasteiger partial charge is 0.489 e. The van der Waals surface area contributed by atoms with E-state index >= 15 is 0 Å². The molecule has 1 aliphatic rings. The molecule has 0 aliphatic carbocycles. The second-order valence-electron chi connectivity index (χ2n) is 7.46. The van der Waals surface area contributed by atoms with Gasteiger partial charge in [0, 0.05) is 29.9 Å². The molecule has 1 fully saturated rings. The third-order valence-corrected chi connectivity index (χ3v) is 5.32. The average molecular weight is 408 g/mol. The van der Waals surface area contributed by atoms with Crippen molar-refractivity contribution in [1.29, 1.82) is 5.26 Å². The van der Waals surface area contributed by atoms with Gasteiger partial charge < -0.3 is 9.64 Å². The first-order valence-electron chi connectivity index (χ1n) is 10.0.